The number of hydrogen-bond donors (Lipinski definition) is 0. The Bertz CT molecular complexity index is 712. The number of halogens is 1. The molecule has 0 bridgehead atoms. The molecule has 0 N–H and O–H groups in total. The van der Waals surface area contributed by atoms with Gasteiger partial charge in [-0.05, 0) is 56.3 Å². The summed E-state index contributed by atoms with van der Waals surface area (Å²) in [4.78, 5) is 15.6. The monoisotopic (exact) mass is 422 g/mol. The number of nitrogens with zero attached hydrogens (tertiary/aromatic N) is 2. The zero-order valence-electron chi connectivity index (χ0n) is 17.3. The van der Waals surface area contributed by atoms with E-state index < -0.39 is 0 Å². The number of fused-ring (bicyclic) bond motifs is 1. The molecule has 0 aromatic heterocycles. The average molecular weight is 423 g/mol. The molecule has 1 saturated heterocycles. The summed E-state index contributed by atoms with van der Waals surface area (Å²) < 4.78 is 7.77. The summed E-state index contributed by atoms with van der Waals surface area (Å²) in [6.07, 6.45) is 8.97. The molecule has 2 aliphatic heterocycles. The van der Waals surface area contributed by atoms with Crippen LogP contribution >= 0.6 is 23.5 Å². The van der Waals surface area contributed by atoms with Crippen molar-refractivity contribution in [3.8, 4) is 0 Å². The van der Waals surface area contributed by atoms with Crippen LogP contribution in [0.15, 0.2) is 41.3 Å². The van der Waals surface area contributed by atoms with E-state index in [1.54, 1.807) is 0 Å². The van der Waals surface area contributed by atoms with Crippen LogP contribution in [-0.4, -0.2) is 29.5 Å². The lowest BCUT2D eigenvalue weighted by Crippen LogP contribution is -2.48. The normalized spacial score (nSPS) is 18.5. The average Bonchev–Trinajstić information content (AvgIpc) is 2.73. The summed E-state index contributed by atoms with van der Waals surface area (Å²) in [5.41, 5.74) is 1.93. The number of benzene rings is 1. The van der Waals surface area contributed by atoms with Gasteiger partial charge in [-0.1, -0.05) is 50.6 Å². The minimum Gasteiger partial charge on any atom is -0.444 e. The minimum atomic E-state index is -0.242. The summed E-state index contributed by atoms with van der Waals surface area (Å²) in [5, 5.41) is 0.674. The highest BCUT2D eigenvalue weighted by molar-refractivity contribution is 8.00. The van der Waals surface area contributed by atoms with Crippen molar-refractivity contribution in [2.75, 3.05) is 18.0 Å². The van der Waals surface area contributed by atoms with Crippen molar-refractivity contribution in [3.05, 3.63) is 51.9 Å². The number of rotatable bonds is 5. The molecule has 4 nitrogen and oxygen atoms in total. The highest BCUT2D eigenvalue weighted by atomic mass is 35.5. The first-order valence-electron chi connectivity index (χ1n) is 10.1. The molecule has 1 aromatic carbocycles. The number of carbonyl (C=O) groups excluding carboxylic acids is 1. The van der Waals surface area contributed by atoms with Crippen LogP contribution in [-0.2, 0) is 11.3 Å². The van der Waals surface area contributed by atoms with Crippen LogP contribution in [0.5, 0.6) is 0 Å². The minimum absolute atomic E-state index is 0.171. The zero-order valence-corrected chi connectivity index (χ0v) is 18.9. The molecule has 1 amide bonds. The maximum Gasteiger partial charge on any atom is 0.414 e. The van der Waals surface area contributed by atoms with Crippen molar-refractivity contribution in [2.45, 2.75) is 59.6 Å². The fraction of sp³-hybridized carbons (Fsp3) is 0.500. The number of anilines is 1. The van der Waals surface area contributed by atoms with Gasteiger partial charge in [0.15, 0.2) is 0 Å². The molecule has 0 spiro atoms. The number of amides is 1. The van der Waals surface area contributed by atoms with Crippen molar-refractivity contribution in [1.29, 1.82) is 0 Å². The topological polar surface area (TPSA) is 32.8 Å². The van der Waals surface area contributed by atoms with E-state index in [0.717, 1.165) is 43.6 Å². The summed E-state index contributed by atoms with van der Waals surface area (Å²) in [5.74, 6) is 0. The van der Waals surface area contributed by atoms with Crippen LogP contribution < -0.4 is 4.90 Å². The van der Waals surface area contributed by atoms with Crippen LogP contribution in [0.3, 0.4) is 0 Å². The van der Waals surface area contributed by atoms with Crippen LogP contribution in [0.25, 0.3) is 0 Å². The Morgan fingerprint density at radius 1 is 1.32 bits per heavy atom. The molecular weight excluding hydrogens is 392 g/mol. The summed E-state index contributed by atoms with van der Waals surface area (Å²) in [6.45, 7) is 10.4. The lowest BCUT2D eigenvalue weighted by atomic mass is 10.0. The van der Waals surface area contributed by atoms with Gasteiger partial charge in [-0.15, -0.1) is 0 Å². The number of hydrogen-bond acceptors (Lipinski definition) is 4. The number of cyclic esters (lactones) is 1. The fourth-order valence-electron chi connectivity index (χ4n) is 3.33. The van der Waals surface area contributed by atoms with Crippen LogP contribution in [0.1, 0.15) is 52.5 Å². The summed E-state index contributed by atoms with van der Waals surface area (Å²) >= 11 is 7.92. The molecule has 28 heavy (non-hydrogen) atoms. The molecular formula is C22H31ClN2O2S. The predicted octanol–water partition coefficient (Wildman–Crippen LogP) is 6.81. The smallest absolute Gasteiger partial charge is 0.414 e. The van der Waals surface area contributed by atoms with Gasteiger partial charge in [0.25, 0.3) is 0 Å². The first kappa shape index (κ1) is 22.9. The quantitative estimate of drug-likeness (QED) is 0.385. The van der Waals surface area contributed by atoms with Crippen molar-refractivity contribution in [3.63, 3.8) is 0 Å². The van der Waals surface area contributed by atoms with E-state index in [1.165, 1.54) is 4.91 Å². The summed E-state index contributed by atoms with van der Waals surface area (Å²) in [6, 6.07) is 5.84. The van der Waals surface area contributed by atoms with Crippen molar-refractivity contribution in [2.24, 2.45) is 0 Å². The molecule has 0 unspecified atom stereocenters. The summed E-state index contributed by atoms with van der Waals surface area (Å²) in [7, 11) is 0. The van der Waals surface area contributed by atoms with Crippen LogP contribution in [0.4, 0.5) is 10.5 Å². The molecule has 0 atom stereocenters. The highest BCUT2D eigenvalue weighted by Crippen LogP contribution is 2.35. The number of allylic oxidation sites excluding steroid dienone is 4. The third-order valence-corrected chi connectivity index (χ3v) is 6.22. The predicted molar refractivity (Wildman–Crippen MR) is 121 cm³/mol. The van der Waals surface area contributed by atoms with E-state index in [2.05, 4.69) is 23.4 Å². The van der Waals surface area contributed by atoms with Crippen LogP contribution in [0.2, 0.25) is 5.02 Å². The van der Waals surface area contributed by atoms with E-state index in [0.29, 0.717) is 11.6 Å². The van der Waals surface area contributed by atoms with Gasteiger partial charge in [-0.2, -0.15) is 0 Å². The Morgan fingerprint density at radius 2 is 2.04 bits per heavy atom. The standard InChI is InChI=1S/C20H25ClN2O2S.C2H6/c1-3-5-6-18(4-2)26-22-11-9-17(10-12-22)23-19-8-7-16(21)13-15(19)14-25-20(23)24;1-2/h3,5-8,13,17H,4,9-12,14H2,1-2H3;1-2H3/b5-3-,18-6+;. The SMILES string of the molecule is C/C=C\C=C(/CC)SN1CCC(N2C(=O)OCc3cc(Cl)ccc32)CC1.CC. The van der Waals surface area contributed by atoms with Crippen molar-refractivity contribution >= 4 is 35.3 Å². The van der Waals surface area contributed by atoms with Gasteiger partial charge in [0.1, 0.15) is 6.61 Å². The third-order valence-electron chi connectivity index (χ3n) is 4.71. The molecule has 1 fully saturated rings. The molecule has 2 heterocycles. The second-order valence-electron chi connectivity index (χ2n) is 6.46. The van der Waals surface area contributed by atoms with Gasteiger partial charge in [-0.3, -0.25) is 4.90 Å². The Kier molecular flexibility index (Phi) is 9.42. The molecule has 6 heteroatoms. The van der Waals surface area contributed by atoms with Crippen molar-refractivity contribution < 1.29 is 9.53 Å². The van der Waals surface area contributed by atoms with Gasteiger partial charge in [0.05, 0.1) is 5.69 Å². The zero-order chi connectivity index (χ0) is 20.5. The highest BCUT2D eigenvalue weighted by Gasteiger charge is 2.34. The van der Waals surface area contributed by atoms with E-state index >= 15 is 0 Å². The number of ether oxygens (including phenoxy) is 1. The molecule has 0 saturated carbocycles. The van der Waals surface area contributed by atoms with Gasteiger partial charge in [0, 0.05) is 34.6 Å². The van der Waals surface area contributed by atoms with Crippen molar-refractivity contribution in [1.82, 2.24) is 4.31 Å². The second-order valence-corrected chi connectivity index (χ2v) is 8.12. The number of piperidine rings is 1. The van der Waals surface area contributed by atoms with Gasteiger partial charge in [0.2, 0.25) is 0 Å². The molecule has 3 rings (SSSR count). The maximum atomic E-state index is 12.4. The van der Waals surface area contributed by atoms with Gasteiger partial charge in [-0.25, -0.2) is 9.10 Å². The fourth-order valence-corrected chi connectivity index (χ4v) is 4.52. The van der Waals surface area contributed by atoms with Gasteiger partial charge < -0.3 is 4.74 Å². The maximum absolute atomic E-state index is 12.4. The Hall–Kier alpha value is -1.43. The molecule has 2 aliphatic rings. The Morgan fingerprint density at radius 3 is 2.68 bits per heavy atom. The number of carbonyl (C=O) groups is 1. The lowest BCUT2D eigenvalue weighted by Gasteiger charge is -2.40. The second kappa shape index (κ2) is 11.5. The Labute approximate surface area is 178 Å². The molecule has 154 valence electrons. The van der Waals surface area contributed by atoms with E-state index in [9.17, 15) is 4.79 Å². The largest absolute Gasteiger partial charge is 0.444 e. The van der Waals surface area contributed by atoms with Gasteiger partial charge >= 0.3 is 6.09 Å². The molecule has 0 aliphatic carbocycles. The molecule has 1 aromatic rings. The van der Waals surface area contributed by atoms with E-state index in [-0.39, 0.29) is 12.1 Å². The van der Waals surface area contributed by atoms with Crippen LogP contribution in [0, 0.1) is 0 Å². The first-order valence-corrected chi connectivity index (χ1v) is 11.3. The molecule has 0 radical (unpaired) electrons. The first-order chi connectivity index (χ1) is 13.6. The lowest BCUT2D eigenvalue weighted by molar-refractivity contribution is 0.136. The Balaban J connectivity index is 0.00000136. The van der Waals surface area contributed by atoms with E-state index in [1.807, 2.05) is 61.9 Å². The van der Waals surface area contributed by atoms with E-state index in [4.69, 9.17) is 16.3 Å². The third kappa shape index (κ3) is 5.79.